The molecule has 0 aliphatic heterocycles. The maximum atomic E-state index is 13.5. The molecule has 1 unspecified atom stereocenters. The van der Waals surface area contributed by atoms with Crippen LogP contribution in [-0.2, 0) is 5.75 Å². The van der Waals surface area contributed by atoms with Crippen LogP contribution in [0, 0.1) is 11.6 Å². The normalized spacial score (nSPS) is 12.9. The van der Waals surface area contributed by atoms with E-state index in [0.29, 0.717) is 15.5 Å². The molecular formula is C11H13BrF2S. The minimum absolute atomic E-state index is 0.162. The van der Waals surface area contributed by atoms with Crippen molar-refractivity contribution in [1.82, 2.24) is 0 Å². The van der Waals surface area contributed by atoms with Gasteiger partial charge < -0.3 is 0 Å². The van der Waals surface area contributed by atoms with Gasteiger partial charge in [-0.3, -0.25) is 0 Å². The van der Waals surface area contributed by atoms with E-state index in [4.69, 9.17) is 0 Å². The Morgan fingerprint density at radius 3 is 2.67 bits per heavy atom. The largest absolute Gasteiger partial charge is 0.207 e. The fraction of sp³-hybridized carbons (Fsp3) is 0.455. The summed E-state index contributed by atoms with van der Waals surface area (Å²) in [6.45, 7) is 4.11. The van der Waals surface area contributed by atoms with Crippen LogP contribution in [-0.4, -0.2) is 5.25 Å². The first kappa shape index (κ1) is 13.0. The summed E-state index contributed by atoms with van der Waals surface area (Å²) < 4.78 is 27.2. The fourth-order valence-electron chi connectivity index (χ4n) is 1.04. The van der Waals surface area contributed by atoms with E-state index in [9.17, 15) is 8.78 Å². The Morgan fingerprint density at radius 1 is 1.40 bits per heavy atom. The van der Waals surface area contributed by atoms with E-state index in [2.05, 4.69) is 29.8 Å². The van der Waals surface area contributed by atoms with Gasteiger partial charge in [0.15, 0.2) is 0 Å². The molecule has 1 rings (SSSR count). The molecule has 84 valence electrons. The van der Waals surface area contributed by atoms with Crippen LogP contribution in [0.25, 0.3) is 0 Å². The molecule has 0 aliphatic rings. The minimum Gasteiger partial charge on any atom is -0.207 e. The first-order valence-electron chi connectivity index (χ1n) is 4.80. The molecule has 15 heavy (non-hydrogen) atoms. The van der Waals surface area contributed by atoms with Crippen molar-refractivity contribution in [3.8, 4) is 0 Å². The minimum atomic E-state index is -0.481. The van der Waals surface area contributed by atoms with Crippen molar-refractivity contribution in [3.63, 3.8) is 0 Å². The molecule has 0 N–H and O–H groups in total. The highest BCUT2D eigenvalue weighted by atomic mass is 79.9. The van der Waals surface area contributed by atoms with Crippen molar-refractivity contribution in [2.45, 2.75) is 31.3 Å². The molecule has 1 atom stereocenters. The van der Waals surface area contributed by atoms with Gasteiger partial charge in [0.1, 0.15) is 11.6 Å². The zero-order valence-electron chi connectivity index (χ0n) is 8.69. The lowest BCUT2D eigenvalue weighted by atomic mass is 10.2. The summed E-state index contributed by atoms with van der Waals surface area (Å²) in [5.41, 5.74) is 0.162. The van der Waals surface area contributed by atoms with Gasteiger partial charge in [-0.1, -0.05) is 13.8 Å². The van der Waals surface area contributed by atoms with Crippen LogP contribution in [0.4, 0.5) is 8.78 Å². The second-order valence-corrected chi connectivity index (χ2v) is 5.63. The van der Waals surface area contributed by atoms with E-state index in [1.807, 2.05) is 0 Å². The lowest BCUT2D eigenvalue weighted by molar-refractivity contribution is 0.562. The zero-order valence-corrected chi connectivity index (χ0v) is 11.1. The summed E-state index contributed by atoms with van der Waals surface area (Å²) in [6.07, 6.45) is 1.00. The molecule has 0 radical (unpaired) electrons. The molecule has 0 aliphatic carbocycles. The van der Waals surface area contributed by atoms with Crippen LogP contribution in [0.5, 0.6) is 0 Å². The van der Waals surface area contributed by atoms with Crippen LogP contribution in [0.2, 0.25) is 0 Å². The van der Waals surface area contributed by atoms with Crippen LogP contribution in [0.1, 0.15) is 25.8 Å². The Hall–Kier alpha value is -0.0900. The predicted octanol–water partition coefficient (Wildman–Crippen LogP) is 4.76. The standard InChI is InChI=1S/C11H13BrF2S/c1-3-7(2)15-6-8-10(13)5-4-9(12)11(8)14/h4-5,7H,3,6H2,1-2H3. The van der Waals surface area contributed by atoms with Gasteiger partial charge in [-0.2, -0.15) is 11.8 Å². The lowest BCUT2D eigenvalue weighted by Crippen LogP contribution is -1.99. The summed E-state index contributed by atoms with van der Waals surface area (Å²) in [5.74, 6) is -0.566. The SMILES string of the molecule is CCC(C)SCc1c(F)ccc(Br)c1F. The molecule has 0 heterocycles. The van der Waals surface area contributed by atoms with E-state index in [1.165, 1.54) is 12.1 Å². The van der Waals surface area contributed by atoms with Crippen molar-refractivity contribution in [1.29, 1.82) is 0 Å². The summed E-state index contributed by atoms with van der Waals surface area (Å²) >= 11 is 4.62. The average Bonchev–Trinajstić information content (AvgIpc) is 2.23. The number of benzene rings is 1. The summed E-state index contributed by atoms with van der Waals surface area (Å²) in [5, 5.41) is 0.419. The van der Waals surface area contributed by atoms with E-state index in [0.717, 1.165) is 6.42 Å². The van der Waals surface area contributed by atoms with Gasteiger partial charge in [0.05, 0.1) is 4.47 Å². The monoisotopic (exact) mass is 294 g/mol. The summed E-state index contributed by atoms with van der Waals surface area (Å²) in [7, 11) is 0. The molecule has 0 fully saturated rings. The maximum absolute atomic E-state index is 13.5. The fourth-order valence-corrected chi connectivity index (χ4v) is 2.37. The third-order valence-corrected chi connectivity index (χ3v) is 4.20. The molecule has 4 heteroatoms. The topological polar surface area (TPSA) is 0 Å². The Bertz CT molecular complexity index is 342. The molecule has 0 saturated carbocycles. The first-order valence-corrected chi connectivity index (χ1v) is 6.64. The molecular weight excluding hydrogens is 282 g/mol. The van der Waals surface area contributed by atoms with Gasteiger partial charge in [0, 0.05) is 16.6 Å². The summed E-state index contributed by atoms with van der Waals surface area (Å²) in [6, 6.07) is 2.68. The van der Waals surface area contributed by atoms with Gasteiger partial charge in [-0.05, 0) is 34.5 Å². The van der Waals surface area contributed by atoms with Crippen LogP contribution >= 0.6 is 27.7 Å². The van der Waals surface area contributed by atoms with Crippen molar-refractivity contribution < 1.29 is 8.78 Å². The van der Waals surface area contributed by atoms with E-state index in [-0.39, 0.29) is 5.56 Å². The molecule has 1 aromatic rings. The highest BCUT2D eigenvalue weighted by Gasteiger charge is 2.13. The molecule has 0 bridgehead atoms. The number of hydrogen-bond donors (Lipinski definition) is 0. The number of thioether (sulfide) groups is 1. The average molecular weight is 295 g/mol. The van der Waals surface area contributed by atoms with Gasteiger partial charge in [0.25, 0.3) is 0 Å². The van der Waals surface area contributed by atoms with Crippen molar-refractivity contribution in [2.24, 2.45) is 0 Å². The first-order chi connectivity index (χ1) is 7.06. The van der Waals surface area contributed by atoms with Gasteiger partial charge in [0.2, 0.25) is 0 Å². The Morgan fingerprint density at radius 2 is 2.07 bits per heavy atom. The summed E-state index contributed by atoms with van der Waals surface area (Å²) in [4.78, 5) is 0. The molecule has 0 spiro atoms. The lowest BCUT2D eigenvalue weighted by Gasteiger charge is -2.10. The van der Waals surface area contributed by atoms with Gasteiger partial charge in [-0.25, -0.2) is 8.78 Å². The molecule has 0 nitrogen and oxygen atoms in total. The van der Waals surface area contributed by atoms with Crippen molar-refractivity contribution in [3.05, 3.63) is 33.8 Å². The van der Waals surface area contributed by atoms with Crippen LogP contribution < -0.4 is 0 Å². The third kappa shape index (κ3) is 3.45. The Kier molecular flexibility index (Phi) is 5.06. The van der Waals surface area contributed by atoms with E-state index in [1.54, 1.807) is 11.8 Å². The second kappa shape index (κ2) is 5.85. The smallest absolute Gasteiger partial charge is 0.144 e. The molecule has 0 aromatic heterocycles. The number of hydrogen-bond acceptors (Lipinski definition) is 1. The third-order valence-electron chi connectivity index (χ3n) is 2.23. The molecule has 0 saturated heterocycles. The van der Waals surface area contributed by atoms with E-state index < -0.39 is 11.6 Å². The highest BCUT2D eigenvalue weighted by Crippen LogP contribution is 2.27. The van der Waals surface area contributed by atoms with Gasteiger partial charge >= 0.3 is 0 Å². The number of rotatable bonds is 4. The van der Waals surface area contributed by atoms with E-state index >= 15 is 0 Å². The van der Waals surface area contributed by atoms with Crippen molar-refractivity contribution in [2.75, 3.05) is 0 Å². The van der Waals surface area contributed by atoms with Gasteiger partial charge in [-0.15, -0.1) is 0 Å². The molecule has 1 aromatic carbocycles. The molecule has 0 amide bonds. The van der Waals surface area contributed by atoms with Crippen LogP contribution in [0.3, 0.4) is 0 Å². The Balaban J connectivity index is 2.80. The predicted molar refractivity (Wildman–Crippen MR) is 65.1 cm³/mol. The van der Waals surface area contributed by atoms with Crippen LogP contribution in [0.15, 0.2) is 16.6 Å². The Labute approximate surface area is 102 Å². The maximum Gasteiger partial charge on any atom is 0.144 e. The second-order valence-electron chi connectivity index (χ2n) is 3.35. The quantitative estimate of drug-likeness (QED) is 0.722. The number of halogens is 3. The van der Waals surface area contributed by atoms with Crippen molar-refractivity contribution >= 4 is 27.7 Å². The zero-order chi connectivity index (χ0) is 11.4. The highest BCUT2D eigenvalue weighted by molar-refractivity contribution is 9.10.